The van der Waals surface area contributed by atoms with E-state index in [1.807, 2.05) is 0 Å². The Kier molecular flexibility index (Phi) is 3.46. The molecule has 0 saturated heterocycles. The number of carbonyl (C=O) groups is 1. The summed E-state index contributed by atoms with van der Waals surface area (Å²) in [5.74, 6) is -1.72. The van der Waals surface area contributed by atoms with Crippen molar-refractivity contribution in [1.29, 1.82) is 0 Å². The van der Waals surface area contributed by atoms with Crippen LogP contribution in [0.3, 0.4) is 0 Å². The molecule has 0 aromatic rings. The van der Waals surface area contributed by atoms with Gasteiger partial charge in [-0.1, -0.05) is 13.8 Å². The molecule has 6 heteroatoms. The molecule has 0 aliphatic heterocycles. The van der Waals surface area contributed by atoms with Crippen molar-refractivity contribution in [3.05, 3.63) is 0 Å². The molecule has 78 valence electrons. The summed E-state index contributed by atoms with van der Waals surface area (Å²) >= 11 is 0. The van der Waals surface area contributed by atoms with E-state index >= 15 is 0 Å². The maximum Gasteiger partial charge on any atom is 0.337 e. The molecule has 0 amide bonds. The highest BCUT2D eigenvalue weighted by molar-refractivity contribution is 7.86. The standard InChI is InChI=1S/C7H14O5S/c1-5(2)7(3,6(8)9)12-13(4,10)11/h5H,1-4H3,(H,8,9)/t7-/m0/s1. The lowest BCUT2D eigenvalue weighted by molar-refractivity contribution is -0.157. The van der Waals surface area contributed by atoms with Crippen LogP contribution in [0.5, 0.6) is 0 Å². The molecule has 0 saturated carbocycles. The van der Waals surface area contributed by atoms with Gasteiger partial charge in [0, 0.05) is 0 Å². The first-order chi connectivity index (χ1) is 5.59. The van der Waals surface area contributed by atoms with Gasteiger partial charge < -0.3 is 5.11 Å². The lowest BCUT2D eigenvalue weighted by Crippen LogP contribution is -2.44. The first kappa shape index (κ1) is 12.4. The van der Waals surface area contributed by atoms with E-state index in [1.54, 1.807) is 13.8 Å². The van der Waals surface area contributed by atoms with Gasteiger partial charge in [-0.25, -0.2) is 4.79 Å². The average molecular weight is 210 g/mol. The van der Waals surface area contributed by atoms with Crippen LogP contribution in [0, 0.1) is 5.92 Å². The summed E-state index contributed by atoms with van der Waals surface area (Å²) in [6.45, 7) is 4.40. The van der Waals surface area contributed by atoms with E-state index in [9.17, 15) is 13.2 Å². The molecule has 13 heavy (non-hydrogen) atoms. The van der Waals surface area contributed by atoms with Crippen LogP contribution in [0.25, 0.3) is 0 Å². The summed E-state index contributed by atoms with van der Waals surface area (Å²) in [4.78, 5) is 10.8. The van der Waals surface area contributed by atoms with Crippen molar-refractivity contribution in [3.63, 3.8) is 0 Å². The third-order valence-electron chi connectivity index (χ3n) is 1.85. The van der Waals surface area contributed by atoms with Gasteiger partial charge in [0.15, 0.2) is 5.60 Å². The highest BCUT2D eigenvalue weighted by Crippen LogP contribution is 2.23. The molecule has 1 N–H and O–H groups in total. The van der Waals surface area contributed by atoms with Crippen molar-refractivity contribution in [2.24, 2.45) is 5.92 Å². The molecule has 0 unspecified atom stereocenters. The van der Waals surface area contributed by atoms with Crippen molar-refractivity contribution in [1.82, 2.24) is 0 Å². The first-order valence-electron chi connectivity index (χ1n) is 3.73. The summed E-state index contributed by atoms with van der Waals surface area (Å²) in [5, 5.41) is 8.78. The Hall–Kier alpha value is -0.620. The Morgan fingerprint density at radius 2 is 1.85 bits per heavy atom. The molecule has 0 spiro atoms. The maximum absolute atomic E-state index is 10.8. The Morgan fingerprint density at radius 1 is 1.46 bits per heavy atom. The molecular weight excluding hydrogens is 196 g/mol. The van der Waals surface area contributed by atoms with Crippen LogP contribution in [-0.4, -0.2) is 31.4 Å². The van der Waals surface area contributed by atoms with E-state index in [4.69, 9.17) is 5.11 Å². The van der Waals surface area contributed by atoms with Gasteiger partial charge in [0.2, 0.25) is 0 Å². The molecule has 0 aliphatic rings. The first-order valence-corrected chi connectivity index (χ1v) is 5.55. The van der Waals surface area contributed by atoms with Crippen LogP contribution in [0.15, 0.2) is 0 Å². The molecule has 0 bridgehead atoms. The van der Waals surface area contributed by atoms with E-state index in [0.29, 0.717) is 0 Å². The van der Waals surface area contributed by atoms with Crippen molar-refractivity contribution < 1.29 is 22.5 Å². The van der Waals surface area contributed by atoms with Gasteiger partial charge in [-0.2, -0.15) is 8.42 Å². The third-order valence-corrected chi connectivity index (χ3v) is 2.50. The fourth-order valence-corrected chi connectivity index (χ4v) is 1.59. The van der Waals surface area contributed by atoms with E-state index < -0.39 is 27.6 Å². The van der Waals surface area contributed by atoms with Crippen molar-refractivity contribution in [2.75, 3.05) is 6.26 Å². The average Bonchev–Trinajstić information content (AvgIpc) is 1.82. The van der Waals surface area contributed by atoms with E-state index in [-0.39, 0.29) is 0 Å². The molecule has 0 fully saturated rings. The molecule has 5 nitrogen and oxygen atoms in total. The summed E-state index contributed by atoms with van der Waals surface area (Å²) in [6, 6.07) is 0. The molecule has 0 aromatic carbocycles. The predicted octanol–water partition coefficient (Wildman–Crippen LogP) is 0.462. The summed E-state index contributed by atoms with van der Waals surface area (Å²) in [7, 11) is -3.75. The van der Waals surface area contributed by atoms with Crippen LogP contribution in [0.1, 0.15) is 20.8 Å². The molecule has 0 radical (unpaired) electrons. The highest BCUT2D eigenvalue weighted by Gasteiger charge is 2.41. The van der Waals surface area contributed by atoms with Crippen LogP contribution in [0.4, 0.5) is 0 Å². The van der Waals surface area contributed by atoms with Gasteiger partial charge in [0.1, 0.15) is 0 Å². The minimum atomic E-state index is -3.75. The number of hydrogen-bond donors (Lipinski definition) is 1. The summed E-state index contributed by atoms with van der Waals surface area (Å²) < 4.78 is 26.1. The van der Waals surface area contributed by atoms with Crippen molar-refractivity contribution in [2.45, 2.75) is 26.4 Å². The monoisotopic (exact) mass is 210 g/mol. The second kappa shape index (κ2) is 3.63. The summed E-state index contributed by atoms with van der Waals surface area (Å²) in [6.07, 6.45) is 0.830. The van der Waals surface area contributed by atoms with E-state index in [0.717, 1.165) is 6.26 Å². The van der Waals surface area contributed by atoms with E-state index in [1.165, 1.54) is 6.92 Å². The largest absolute Gasteiger partial charge is 0.479 e. The lowest BCUT2D eigenvalue weighted by Gasteiger charge is -2.27. The Bertz CT molecular complexity index is 292. The molecule has 0 heterocycles. The normalized spacial score (nSPS) is 17.0. The molecular formula is C7H14O5S. The third kappa shape index (κ3) is 3.31. The predicted molar refractivity (Wildman–Crippen MR) is 46.8 cm³/mol. The molecule has 1 atom stereocenters. The van der Waals surface area contributed by atoms with Gasteiger partial charge in [-0.15, -0.1) is 0 Å². The molecule has 0 aliphatic carbocycles. The zero-order chi connectivity index (χ0) is 10.9. The molecule has 0 aromatic heterocycles. The van der Waals surface area contributed by atoms with Gasteiger partial charge in [0.25, 0.3) is 10.1 Å². The lowest BCUT2D eigenvalue weighted by atomic mass is 9.93. The smallest absolute Gasteiger partial charge is 0.337 e. The fourth-order valence-electron chi connectivity index (χ4n) is 0.693. The van der Waals surface area contributed by atoms with Crippen molar-refractivity contribution in [3.8, 4) is 0 Å². The number of carboxylic acids is 1. The van der Waals surface area contributed by atoms with Crippen LogP contribution in [-0.2, 0) is 19.1 Å². The molecule has 0 rings (SSSR count). The second-order valence-electron chi connectivity index (χ2n) is 3.35. The SMILES string of the molecule is CC(C)[C@](C)(OS(C)(=O)=O)C(=O)O. The second-order valence-corrected chi connectivity index (χ2v) is 4.93. The van der Waals surface area contributed by atoms with Crippen LogP contribution >= 0.6 is 0 Å². The maximum atomic E-state index is 10.8. The number of rotatable bonds is 4. The van der Waals surface area contributed by atoms with Gasteiger partial charge >= 0.3 is 5.97 Å². The quantitative estimate of drug-likeness (QED) is 0.682. The summed E-state index contributed by atoms with van der Waals surface area (Å²) in [5.41, 5.74) is -1.69. The zero-order valence-corrected chi connectivity index (χ0v) is 8.88. The highest BCUT2D eigenvalue weighted by atomic mass is 32.2. The van der Waals surface area contributed by atoms with Crippen molar-refractivity contribution >= 4 is 16.1 Å². The number of aliphatic carboxylic acids is 1. The minimum Gasteiger partial charge on any atom is -0.479 e. The minimum absolute atomic E-state index is 0.431. The van der Waals surface area contributed by atoms with Crippen LogP contribution in [0.2, 0.25) is 0 Å². The van der Waals surface area contributed by atoms with Gasteiger partial charge in [0.05, 0.1) is 6.26 Å². The zero-order valence-electron chi connectivity index (χ0n) is 8.07. The van der Waals surface area contributed by atoms with E-state index in [2.05, 4.69) is 4.18 Å². The number of hydrogen-bond acceptors (Lipinski definition) is 4. The Morgan fingerprint density at radius 3 is 1.92 bits per heavy atom. The van der Waals surface area contributed by atoms with Gasteiger partial charge in [-0.3, -0.25) is 4.18 Å². The Balaban J connectivity index is 4.95. The van der Waals surface area contributed by atoms with Crippen LogP contribution < -0.4 is 0 Å². The fraction of sp³-hybridized carbons (Fsp3) is 0.857. The topological polar surface area (TPSA) is 80.7 Å². The van der Waals surface area contributed by atoms with Gasteiger partial charge in [-0.05, 0) is 12.8 Å². The Labute approximate surface area is 77.8 Å². The number of carboxylic acid groups (broad SMARTS) is 1.